The van der Waals surface area contributed by atoms with E-state index in [4.69, 9.17) is 111 Å². The molecular weight excluding hydrogens is 1650 g/mol. The molecule has 16 rings (SSSR count). The monoisotopic (exact) mass is 1750 g/mol. The van der Waals surface area contributed by atoms with Gasteiger partial charge >= 0.3 is 12.2 Å². The number of nitrogen functional groups attached to an aromatic ring is 1. The molecule has 3 saturated heterocycles. The van der Waals surface area contributed by atoms with Crippen molar-refractivity contribution in [3.63, 3.8) is 0 Å². The molecule has 0 radical (unpaired) electrons. The Morgan fingerprint density at radius 2 is 0.926 bits per heavy atom. The number of aromatic nitrogens is 17. The molecule has 0 aliphatic carbocycles. The van der Waals surface area contributed by atoms with Crippen LogP contribution in [0.1, 0.15) is 87.0 Å². The number of nitrogens with zero attached hydrogens (tertiary/aromatic N) is 19. The Kier molecular flexibility index (Phi) is 37.8. The maximum absolute atomic E-state index is 12.4. The number of likely N-dealkylation sites (tertiary alicyclic amines) is 2. The molecule has 2 amide bonds. The smallest absolute Gasteiger partial charge is 0.410 e. The van der Waals surface area contributed by atoms with Gasteiger partial charge in [-0.2, -0.15) is 0 Å². The third-order valence-electron chi connectivity index (χ3n) is 17.2. The lowest BCUT2D eigenvalue weighted by Gasteiger charge is -2.34. The number of ether oxygens (including phenoxy) is 7. The number of nitrogens with one attached hydrogen (secondary N) is 3. The number of carbonyl (C=O) groups is 3. The lowest BCUT2D eigenvalue weighted by Crippen LogP contribution is -2.47. The number of nitrogens with two attached hydrogens (primary N) is 2. The number of methoxy groups -OCH3 is 5. The van der Waals surface area contributed by atoms with Gasteiger partial charge < -0.3 is 84.7 Å². The average Bonchev–Trinajstić information content (AvgIpc) is 1.65. The van der Waals surface area contributed by atoms with Crippen LogP contribution in [0.5, 0.6) is 28.7 Å². The first-order valence-electron chi connectivity index (χ1n) is 38.7. The first kappa shape index (κ1) is 95.4. The van der Waals surface area contributed by atoms with Gasteiger partial charge in [0.2, 0.25) is 0 Å². The number of aliphatic hydroxyl groups excluding tert-OH is 1. The number of carbonyl (C=O) groups excluding carboxylic acids is 3. The predicted octanol–water partition coefficient (Wildman–Crippen LogP) is 13.6. The number of imidazole rings is 4. The molecule has 3 atom stereocenters. The van der Waals surface area contributed by atoms with Crippen LogP contribution in [0.15, 0.2) is 172 Å². The molecule has 0 bridgehead atoms. The first-order chi connectivity index (χ1) is 58.6. The number of rotatable bonds is 13. The number of piperidine rings is 3. The van der Waals surface area contributed by atoms with E-state index >= 15 is 0 Å². The summed E-state index contributed by atoms with van der Waals surface area (Å²) in [5, 5.41) is 18.8. The van der Waals surface area contributed by atoms with Gasteiger partial charge in [0.15, 0.2) is 0 Å². The van der Waals surface area contributed by atoms with E-state index in [0.717, 1.165) is 132 Å². The summed E-state index contributed by atoms with van der Waals surface area (Å²) < 4.78 is 44.2. The van der Waals surface area contributed by atoms with Crippen molar-refractivity contribution in [3.8, 4) is 62.9 Å². The minimum absolute atomic E-state index is 0.0769. The fraction of sp³-hybridized carbons (Fsp3) is 0.373. The average molecular weight is 1760 g/mol. The Morgan fingerprint density at radius 3 is 1.34 bits per heavy atom. The van der Waals surface area contributed by atoms with Crippen LogP contribution in [-0.2, 0) is 14.3 Å². The molecule has 3 fully saturated rings. The highest BCUT2D eigenvalue weighted by atomic mass is 35.5. The van der Waals surface area contributed by atoms with Gasteiger partial charge in [0, 0.05) is 69.8 Å². The minimum atomic E-state index is -0.506. The number of aldehydes is 1. The van der Waals surface area contributed by atoms with Crippen LogP contribution < -0.4 is 51.1 Å². The van der Waals surface area contributed by atoms with Crippen molar-refractivity contribution in [1.82, 2.24) is 97.5 Å². The molecule has 13 aromatic heterocycles. The molecule has 39 heteroatoms. The van der Waals surface area contributed by atoms with Crippen molar-refractivity contribution in [2.75, 3.05) is 104 Å². The van der Waals surface area contributed by atoms with Gasteiger partial charge in [-0.15, -0.1) is 11.6 Å². The van der Waals surface area contributed by atoms with Gasteiger partial charge in [-0.05, 0) is 154 Å². The second-order valence-electron chi connectivity index (χ2n) is 28.7. The second kappa shape index (κ2) is 48.4. The molecule has 35 nitrogen and oxygen atoms in total. The largest absolute Gasteiger partial charge is 0.495 e. The van der Waals surface area contributed by atoms with Gasteiger partial charge in [-0.1, -0.05) is 34.8 Å². The van der Waals surface area contributed by atoms with Crippen molar-refractivity contribution < 1.29 is 52.6 Å². The number of hydrogen-bond acceptors (Lipinski definition) is 29. The molecular formula is C83H104Cl4N24O11. The van der Waals surface area contributed by atoms with Crippen LogP contribution in [0.25, 0.3) is 56.8 Å². The van der Waals surface area contributed by atoms with E-state index in [1.54, 1.807) is 120 Å². The van der Waals surface area contributed by atoms with Crippen LogP contribution in [0.4, 0.5) is 27.0 Å². The Labute approximate surface area is 727 Å². The summed E-state index contributed by atoms with van der Waals surface area (Å²) in [6, 6.07) is 19.2. The molecule has 3 aliphatic heterocycles. The van der Waals surface area contributed by atoms with E-state index in [-0.39, 0.29) is 36.8 Å². The van der Waals surface area contributed by atoms with Crippen molar-refractivity contribution in [3.05, 3.63) is 188 Å². The van der Waals surface area contributed by atoms with Crippen molar-refractivity contribution >= 4 is 105 Å². The van der Waals surface area contributed by atoms with Gasteiger partial charge in [0.05, 0.1) is 158 Å². The summed E-state index contributed by atoms with van der Waals surface area (Å²) in [5.41, 5.74) is 18.3. The van der Waals surface area contributed by atoms with Crippen molar-refractivity contribution in [2.45, 2.75) is 116 Å². The zero-order chi connectivity index (χ0) is 88.1. The highest BCUT2D eigenvalue weighted by molar-refractivity contribution is 6.32. The molecule has 0 aromatic carbocycles. The number of hydrogen-bond donors (Lipinski definition) is 6. The molecule has 0 saturated carbocycles. The first-order valence-corrected chi connectivity index (χ1v) is 40.4. The number of pyridine rings is 5. The Balaban J connectivity index is 0.000000182. The molecule has 122 heavy (non-hydrogen) atoms. The van der Waals surface area contributed by atoms with Gasteiger partial charge in [0.1, 0.15) is 119 Å². The number of halogens is 4. The Morgan fingerprint density at radius 1 is 0.516 bits per heavy atom. The van der Waals surface area contributed by atoms with Crippen LogP contribution in [0.3, 0.4) is 0 Å². The summed E-state index contributed by atoms with van der Waals surface area (Å²) in [4.78, 5) is 91.3. The third kappa shape index (κ3) is 30.8. The number of fused-ring (bicyclic) bond motifs is 4. The van der Waals surface area contributed by atoms with Crippen molar-refractivity contribution in [2.24, 2.45) is 5.73 Å². The third-order valence-corrected chi connectivity index (χ3v) is 17.9. The van der Waals surface area contributed by atoms with Gasteiger partial charge in [-0.25, -0.2) is 54.4 Å². The highest BCUT2D eigenvalue weighted by Gasteiger charge is 2.29. The van der Waals surface area contributed by atoms with Crippen LogP contribution in [-0.4, -0.2) is 232 Å². The quantitative estimate of drug-likeness (QED) is 0.0461. The topological polar surface area (TPSA) is 416 Å². The molecule has 650 valence electrons. The van der Waals surface area contributed by atoms with E-state index in [0.29, 0.717) is 70.4 Å². The van der Waals surface area contributed by atoms with Gasteiger partial charge in [-0.3, -0.25) is 33.1 Å². The Bertz CT molecular complexity index is 5360. The van der Waals surface area contributed by atoms with E-state index in [9.17, 15) is 9.59 Å². The maximum atomic E-state index is 12.4. The zero-order valence-corrected chi connectivity index (χ0v) is 73.1. The standard InChI is InChI=1S/C22H28N6O3.C17H20N6O.C12H9ClN4O.C10H20N2O2.C8H8N2O.C6H8N2O.C4H2Cl2N2.C2H3ClO.C2H6O/c1-22(2,3)31-21(29)27-9-5-6-15(13-27)25-19-12-23-10-17(26-19)18-11-24-20-8-7-16(30-4)14-28(18)20;1-24-13-4-5-17-20-9-15(23(17)11-13)14-8-19-10-16(22-14)21-12-3-2-6-18-7-12;1-18-8-2-3-12-15-5-10(17(12)7-8)9-4-14-6-11(13)16-9;1-10(2,3)14-9(13)12-6-4-5-8(11)7-12;1-11-7-2-3-8-9-4-5-10(8)6-7;1-9-5-2-3-6(7)8-4-5;5-3-1-7-2-4(6)8-3;3-1-2-4;1-2-3/h7-8,10-12,14-15H,5-6,9,13H2,1-4H3,(H,25,26);4-5,8-12,18H,2-3,6-7H2,1H3,(H,21,22);2-7H,1H3;8H,4-7,11H2,1-3H3;2-6H,1H3;2-4H,1H3,(H2,7,8);1-2H;2H,1H2;3H,2H2,1H3/t15-;12-;;8-;;;;;/m11.1...../s1. The fourth-order valence-corrected chi connectivity index (χ4v) is 12.2. The fourth-order valence-electron chi connectivity index (χ4n) is 11.7. The molecule has 3 aliphatic rings. The number of anilines is 3. The highest BCUT2D eigenvalue weighted by Crippen LogP contribution is 2.28. The lowest BCUT2D eigenvalue weighted by molar-refractivity contribution is -0.105. The van der Waals surface area contributed by atoms with E-state index < -0.39 is 11.2 Å². The summed E-state index contributed by atoms with van der Waals surface area (Å²) in [5.74, 6) is 5.90. The SMILES string of the molecule is CC(C)(C)OC(=O)N1CCC[C@@H](N)C1.CCO.COc1ccc(N)nc1.COc1ccc2ncc(-c3cncc(Cl)n3)n2c1.COc1ccc2ncc(-c3cncc(N[C@@H]4CCCN(C(=O)OC(C)(C)C)C4)n3)n2c1.COc1ccc2ncc(-c3cncc(N[C@@H]4CCCNC4)n3)n2c1.COc1ccc2nccn2c1.Clc1cncc(Cl)n1.O=CCCl. The molecule has 13 aromatic rings. The minimum Gasteiger partial charge on any atom is -0.495 e. The van der Waals surface area contributed by atoms with Crippen LogP contribution in [0, 0.1) is 0 Å². The Hall–Kier alpha value is -12.1. The van der Waals surface area contributed by atoms with Crippen LogP contribution in [0.2, 0.25) is 15.5 Å². The summed E-state index contributed by atoms with van der Waals surface area (Å²) in [7, 11) is 8.15. The summed E-state index contributed by atoms with van der Waals surface area (Å²) in [6.45, 7) is 17.9. The van der Waals surface area contributed by atoms with E-state index in [1.165, 1.54) is 25.0 Å². The van der Waals surface area contributed by atoms with Gasteiger partial charge in [0.25, 0.3) is 0 Å². The van der Waals surface area contributed by atoms with E-state index in [2.05, 4.69) is 70.8 Å². The predicted molar refractivity (Wildman–Crippen MR) is 471 cm³/mol. The number of alkyl halides is 1. The molecule has 0 spiro atoms. The molecule has 0 unspecified atom stereocenters. The summed E-state index contributed by atoms with van der Waals surface area (Å²) >= 11 is 21.4. The van der Waals surface area contributed by atoms with Crippen LogP contribution >= 0.6 is 46.4 Å². The maximum Gasteiger partial charge on any atom is 0.410 e. The normalized spacial score (nSPS) is 14.6. The van der Waals surface area contributed by atoms with E-state index in [1.807, 2.05) is 145 Å². The number of aliphatic hydroxyl groups is 1. The van der Waals surface area contributed by atoms with Crippen molar-refractivity contribution in [1.29, 1.82) is 0 Å². The summed E-state index contributed by atoms with van der Waals surface area (Å²) in [6.07, 6.45) is 37.2. The molecule has 8 N–H and O–H groups in total. The number of amides is 2. The molecule has 16 heterocycles. The zero-order valence-electron chi connectivity index (χ0n) is 70.1. The second-order valence-corrected chi connectivity index (χ2v) is 30.2. The lowest BCUT2D eigenvalue weighted by atomic mass is 10.1.